The molecule has 0 fully saturated rings. The van der Waals surface area contributed by atoms with E-state index in [2.05, 4.69) is 28.8 Å². The molecule has 1 aliphatic heterocycles. The molecule has 0 spiro atoms. The van der Waals surface area contributed by atoms with Crippen LogP contribution in [0.15, 0.2) is 12.3 Å². The number of alkyl halides is 1. The maximum atomic E-state index is 5.74. The second-order valence-corrected chi connectivity index (χ2v) is 4.70. The number of rotatable bonds is 3. The summed E-state index contributed by atoms with van der Waals surface area (Å²) in [4.78, 5) is 2.52. The van der Waals surface area contributed by atoms with E-state index in [1.165, 1.54) is 30.6 Å². The van der Waals surface area contributed by atoms with Crippen LogP contribution in [-0.4, -0.2) is 28.4 Å². The Morgan fingerprint density at radius 3 is 3.13 bits per heavy atom. The van der Waals surface area contributed by atoms with Crippen molar-refractivity contribution in [3.05, 3.63) is 23.5 Å². The molecule has 0 amide bonds. The van der Waals surface area contributed by atoms with Crippen LogP contribution in [0.4, 0.5) is 0 Å². The van der Waals surface area contributed by atoms with Gasteiger partial charge in [-0.05, 0) is 44.0 Å². The Kier molecular flexibility index (Phi) is 3.71. The minimum Gasteiger partial charge on any atom is -0.354 e. The molecule has 1 aliphatic rings. The highest BCUT2D eigenvalue weighted by Gasteiger charge is 2.15. The summed E-state index contributed by atoms with van der Waals surface area (Å²) in [5, 5.41) is 0. The number of aromatic nitrogens is 1. The van der Waals surface area contributed by atoms with Crippen LogP contribution in [-0.2, 0) is 20.0 Å². The lowest BCUT2D eigenvalue weighted by molar-refractivity contribution is 0.271. The minimum atomic E-state index is 0.776. The highest BCUT2D eigenvalue weighted by atomic mass is 35.5. The third kappa shape index (κ3) is 2.56. The van der Waals surface area contributed by atoms with Gasteiger partial charge in [0.05, 0.1) is 0 Å². The van der Waals surface area contributed by atoms with Crippen LogP contribution >= 0.6 is 11.6 Å². The zero-order valence-electron chi connectivity index (χ0n) is 9.38. The lowest BCUT2D eigenvalue weighted by Gasteiger charge is -2.18. The summed E-state index contributed by atoms with van der Waals surface area (Å²) in [6.07, 6.45) is 5.77. The number of nitrogens with zero attached hydrogens (tertiary/aromatic N) is 2. The van der Waals surface area contributed by atoms with E-state index in [-0.39, 0.29) is 0 Å². The Hall–Kier alpha value is -0.470. The average Bonchev–Trinajstić information content (AvgIpc) is 2.50. The molecule has 15 heavy (non-hydrogen) atoms. The van der Waals surface area contributed by atoms with Gasteiger partial charge in [0.25, 0.3) is 0 Å². The molecule has 0 bridgehead atoms. The van der Waals surface area contributed by atoms with Gasteiger partial charge in [0.15, 0.2) is 0 Å². The molecule has 0 radical (unpaired) electrons. The fourth-order valence-corrected chi connectivity index (χ4v) is 2.48. The molecule has 0 atom stereocenters. The average molecular weight is 227 g/mol. The first-order chi connectivity index (χ1) is 7.31. The van der Waals surface area contributed by atoms with Crippen molar-refractivity contribution in [2.24, 2.45) is 7.05 Å². The Labute approximate surface area is 96.8 Å². The summed E-state index contributed by atoms with van der Waals surface area (Å²) in [6, 6.07) is 2.26. The molecule has 0 aromatic carbocycles. The van der Waals surface area contributed by atoms with Gasteiger partial charge in [-0.1, -0.05) is 0 Å². The summed E-state index contributed by atoms with van der Waals surface area (Å²) >= 11 is 5.74. The van der Waals surface area contributed by atoms with E-state index < -0.39 is 0 Å². The molecule has 3 heteroatoms. The maximum Gasteiger partial charge on any atom is 0.0251 e. The van der Waals surface area contributed by atoms with Crippen LogP contribution in [0.3, 0.4) is 0 Å². The quantitative estimate of drug-likeness (QED) is 0.719. The van der Waals surface area contributed by atoms with Crippen molar-refractivity contribution < 1.29 is 0 Å². The zero-order valence-corrected chi connectivity index (χ0v) is 10.1. The van der Waals surface area contributed by atoms with Crippen LogP contribution in [0.1, 0.15) is 24.1 Å². The van der Waals surface area contributed by atoms with Crippen molar-refractivity contribution in [1.82, 2.24) is 9.47 Å². The van der Waals surface area contributed by atoms with Gasteiger partial charge in [0.2, 0.25) is 0 Å². The van der Waals surface area contributed by atoms with Gasteiger partial charge in [0.1, 0.15) is 0 Å². The molecule has 0 N–H and O–H groups in total. The third-order valence-corrected chi connectivity index (χ3v) is 3.45. The minimum absolute atomic E-state index is 0.776. The summed E-state index contributed by atoms with van der Waals surface area (Å²) in [5.41, 5.74) is 3.02. The van der Waals surface area contributed by atoms with Crippen LogP contribution in [0.5, 0.6) is 0 Å². The van der Waals surface area contributed by atoms with Gasteiger partial charge in [0, 0.05) is 31.4 Å². The first kappa shape index (κ1) is 11.0. The van der Waals surface area contributed by atoms with E-state index in [9.17, 15) is 0 Å². The van der Waals surface area contributed by atoms with Crippen LogP contribution in [0.2, 0.25) is 0 Å². The molecule has 84 valence electrons. The van der Waals surface area contributed by atoms with Crippen LogP contribution in [0, 0.1) is 0 Å². The van der Waals surface area contributed by atoms with Crippen molar-refractivity contribution >= 4 is 11.6 Å². The molecular weight excluding hydrogens is 208 g/mol. The van der Waals surface area contributed by atoms with Gasteiger partial charge in [-0.25, -0.2) is 0 Å². The van der Waals surface area contributed by atoms with Crippen molar-refractivity contribution in [1.29, 1.82) is 0 Å². The van der Waals surface area contributed by atoms with Gasteiger partial charge >= 0.3 is 0 Å². The smallest absolute Gasteiger partial charge is 0.0251 e. The highest BCUT2D eigenvalue weighted by Crippen LogP contribution is 2.19. The van der Waals surface area contributed by atoms with E-state index in [1.54, 1.807) is 0 Å². The van der Waals surface area contributed by atoms with Gasteiger partial charge in [-0.15, -0.1) is 11.6 Å². The van der Waals surface area contributed by atoms with Crippen LogP contribution < -0.4 is 0 Å². The summed E-state index contributed by atoms with van der Waals surface area (Å²) < 4.78 is 2.26. The molecule has 2 heterocycles. The Balaban J connectivity index is 2.04. The number of hydrogen-bond acceptors (Lipinski definition) is 1. The number of hydrogen-bond donors (Lipinski definition) is 0. The highest BCUT2D eigenvalue weighted by molar-refractivity contribution is 6.17. The van der Waals surface area contributed by atoms with Crippen molar-refractivity contribution in [2.45, 2.75) is 25.8 Å². The first-order valence-electron chi connectivity index (χ1n) is 5.72. The van der Waals surface area contributed by atoms with Gasteiger partial charge in [-0.2, -0.15) is 0 Å². The molecule has 0 saturated heterocycles. The maximum absolute atomic E-state index is 5.74. The standard InChI is InChI=1S/C12H19ClN2/c1-14-9-5-11-10-15(8-3-6-13)7-2-4-12(11)14/h5,9H,2-4,6-8,10H2,1H3. The van der Waals surface area contributed by atoms with Gasteiger partial charge < -0.3 is 4.57 Å². The van der Waals surface area contributed by atoms with Crippen molar-refractivity contribution in [3.8, 4) is 0 Å². The van der Waals surface area contributed by atoms with Gasteiger partial charge in [-0.3, -0.25) is 4.90 Å². The molecule has 2 nitrogen and oxygen atoms in total. The topological polar surface area (TPSA) is 8.17 Å². The Morgan fingerprint density at radius 1 is 1.47 bits per heavy atom. The van der Waals surface area contributed by atoms with E-state index in [4.69, 9.17) is 11.6 Å². The predicted octanol–water partition coefficient (Wildman–Crippen LogP) is 2.40. The number of aryl methyl sites for hydroxylation is 1. The van der Waals surface area contributed by atoms with E-state index in [1.807, 2.05) is 0 Å². The van der Waals surface area contributed by atoms with Crippen molar-refractivity contribution in [2.75, 3.05) is 19.0 Å². The van der Waals surface area contributed by atoms with E-state index in [0.717, 1.165) is 25.4 Å². The summed E-state index contributed by atoms with van der Waals surface area (Å²) in [6.45, 7) is 3.45. The second-order valence-electron chi connectivity index (χ2n) is 4.32. The Bertz CT molecular complexity index is 319. The van der Waals surface area contributed by atoms with Crippen molar-refractivity contribution in [3.63, 3.8) is 0 Å². The summed E-state index contributed by atoms with van der Waals surface area (Å²) in [5.74, 6) is 0.776. The SMILES string of the molecule is Cn1ccc2c1CCCN(CCCCl)C2. The normalized spacial score (nSPS) is 17.5. The van der Waals surface area contributed by atoms with E-state index >= 15 is 0 Å². The van der Waals surface area contributed by atoms with Crippen LogP contribution in [0.25, 0.3) is 0 Å². The third-order valence-electron chi connectivity index (χ3n) is 3.19. The molecule has 0 unspecified atom stereocenters. The predicted molar refractivity (Wildman–Crippen MR) is 64.3 cm³/mol. The molecule has 0 aliphatic carbocycles. The number of fused-ring (bicyclic) bond motifs is 1. The molecule has 0 saturated carbocycles. The lowest BCUT2D eigenvalue weighted by Crippen LogP contribution is -2.24. The second kappa shape index (κ2) is 5.04. The molecule has 1 aromatic heterocycles. The zero-order chi connectivity index (χ0) is 10.7. The molecular formula is C12H19ClN2. The number of halogens is 1. The summed E-state index contributed by atoms with van der Waals surface area (Å²) in [7, 11) is 2.15. The first-order valence-corrected chi connectivity index (χ1v) is 6.26. The Morgan fingerprint density at radius 2 is 2.33 bits per heavy atom. The lowest BCUT2D eigenvalue weighted by atomic mass is 10.2. The fraction of sp³-hybridized carbons (Fsp3) is 0.667. The fourth-order valence-electron chi connectivity index (χ4n) is 2.36. The van der Waals surface area contributed by atoms with E-state index in [0.29, 0.717) is 0 Å². The molecule has 1 aromatic rings. The molecule has 2 rings (SSSR count). The monoisotopic (exact) mass is 226 g/mol. The largest absolute Gasteiger partial charge is 0.354 e.